The predicted octanol–water partition coefficient (Wildman–Crippen LogP) is -0.0423. The van der Waals surface area contributed by atoms with Crippen LogP contribution in [0, 0.1) is 5.92 Å². The lowest BCUT2D eigenvalue weighted by Gasteiger charge is -2.38. The molecule has 1 aliphatic carbocycles. The van der Waals surface area contributed by atoms with E-state index in [0.717, 1.165) is 11.8 Å². The van der Waals surface area contributed by atoms with E-state index in [1.807, 2.05) is 6.07 Å². The van der Waals surface area contributed by atoms with Gasteiger partial charge in [0.2, 0.25) is 21.8 Å². The third-order valence-electron chi connectivity index (χ3n) is 3.98. The number of hydrogen-bond acceptors (Lipinski definition) is 6. The van der Waals surface area contributed by atoms with Crippen molar-refractivity contribution in [1.82, 2.24) is 15.0 Å². The van der Waals surface area contributed by atoms with Crippen molar-refractivity contribution < 1.29 is 23.1 Å². The molecule has 24 heavy (non-hydrogen) atoms. The number of sulfonamides is 1. The molecule has 1 saturated carbocycles. The van der Waals surface area contributed by atoms with Gasteiger partial charge in [-0.1, -0.05) is 6.07 Å². The number of aliphatic hydroxyl groups is 1. The SMILES string of the molecule is COc1ccc([C@@H](NC(=O)CCNS(C)(=O)=O)C2CC(O)C2)cn1. The summed E-state index contributed by atoms with van der Waals surface area (Å²) in [6.45, 7) is 0.0472. The fraction of sp³-hybridized carbons (Fsp3) is 0.600. The van der Waals surface area contributed by atoms with Crippen molar-refractivity contribution in [2.75, 3.05) is 19.9 Å². The second kappa shape index (κ2) is 7.91. The second-order valence-electron chi connectivity index (χ2n) is 5.98. The van der Waals surface area contributed by atoms with Crippen molar-refractivity contribution in [1.29, 1.82) is 0 Å². The number of carbonyl (C=O) groups is 1. The topological polar surface area (TPSA) is 118 Å². The smallest absolute Gasteiger partial charge is 0.221 e. The summed E-state index contributed by atoms with van der Waals surface area (Å²) in [5.74, 6) is 0.352. The van der Waals surface area contributed by atoms with Gasteiger partial charge in [0.25, 0.3) is 0 Å². The standard InChI is InChI=1S/C15H23N3O5S/c1-23-14-4-3-10(9-16-14)15(11-7-12(19)8-11)18-13(20)5-6-17-24(2,21)22/h3-4,9,11-12,15,17,19H,5-8H2,1-2H3,(H,18,20)/t11?,12?,15-/m1/s1. The van der Waals surface area contributed by atoms with Crippen LogP contribution in [0.25, 0.3) is 0 Å². The molecule has 1 aromatic rings. The van der Waals surface area contributed by atoms with Gasteiger partial charge in [0.05, 0.1) is 25.5 Å². The number of carbonyl (C=O) groups excluding carboxylic acids is 1. The zero-order valence-corrected chi connectivity index (χ0v) is 14.5. The molecule has 1 amide bonds. The second-order valence-corrected chi connectivity index (χ2v) is 7.81. The number of rotatable bonds is 8. The monoisotopic (exact) mass is 357 g/mol. The largest absolute Gasteiger partial charge is 0.481 e. The Labute approximate surface area is 141 Å². The molecule has 134 valence electrons. The molecule has 1 atom stereocenters. The maximum Gasteiger partial charge on any atom is 0.221 e. The van der Waals surface area contributed by atoms with Gasteiger partial charge in [-0.05, 0) is 24.3 Å². The van der Waals surface area contributed by atoms with Crippen molar-refractivity contribution >= 4 is 15.9 Å². The zero-order chi connectivity index (χ0) is 17.7. The molecule has 1 heterocycles. The minimum Gasteiger partial charge on any atom is -0.481 e. The van der Waals surface area contributed by atoms with E-state index in [1.54, 1.807) is 12.3 Å². The van der Waals surface area contributed by atoms with E-state index in [1.165, 1.54) is 7.11 Å². The number of hydrogen-bond donors (Lipinski definition) is 3. The molecule has 0 spiro atoms. The maximum absolute atomic E-state index is 12.1. The Hall–Kier alpha value is -1.71. The number of amides is 1. The minimum atomic E-state index is -3.31. The molecular weight excluding hydrogens is 334 g/mol. The molecule has 0 saturated heterocycles. The number of ether oxygens (including phenoxy) is 1. The van der Waals surface area contributed by atoms with Crippen LogP contribution in [-0.2, 0) is 14.8 Å². The van der Waals surface area contributed by atoms with Crippen LogP contribution in [0.15, 0.2) is 18.3 Å². The highest BCUT2D eigenvalue weighted by Crippen LogP contribution is 2.38. The predicted molar refractivity (Wildman–Crippen MR) is 87.9 cm³/mol. The normalized spacial score (nSPS) is 21.6. The van der Waals surface area contributed by atoms with E-state index in [-0.39, 0.29) is 36.9 Å². The van der Waals surface area contributed by atoms with Crippen LogP contribution >= 0.6 is 0 Å². The third kappa shape index (κ3) is 5.43. The Balaban J connectivity index is 1.99. The Kier molecular flexibility index (Phi) is 6.14. The highest BCUT2D eigenvalue weighted by atomic mass is 32.2. The number of nitrogens with one attached hydrogen (secondary N) is 2. The number of methoxy groups -OCH3 is 1. The number of aliphatic hydroxyl groups excluding tert-OH is 1. The summed E-state index contributed by atoms with van der Waals surface area (Å²) in [5.41, 5.74) is 0.831. The molecule has 3 N–H and O–H groups in total. The molecule has 1 aliphatic rings. The quantitative estimate of drug-likeness (QED) is 0.601. The van der Waals surface area contributed by atoms with Crippen LogP contribution in [-0.4, -0.2) is 50.4 Å². The first-order valence-electron chi connectivity index (χ1n) is 7.70. The average Bonchev–Trinajstić information content (AvgIpc) is 2.49. The summed E-state index contributed by atoms with van der Waals surface area (Å²) >= 11 is 0. The first-order valence-corrected chi connectivity index (χ1v) is 9.59. The van der Waals surface area contributed by atoms with Gasteiger partial charge < -0.3 is 15.2 Å². The highest BCUT2D eigenvalue weighted by molar-refractivity contribution is 7.88. The Bertz CT molecular complexity index is 656. The lowest BCUT2D eigenvalue weighted by Crippen LogP contribution is -2.42. The van der Waals surface area contributed by atoms with Gasteiger partial charge in [0.1, 0.15) is 0 Å². The van der Waals surface area contributed by atoms with Crippen molar-refractivity contribution in [3.05, 3.63) is 23.9 Å². The molecule has 8 nitrogen and oxygen atoms in total. The summed E-state index contributed by atoms with van der Waals surface area (Å²) in [5, 5.41) is 12.5. The average molecular weight is 357 g/mol. The van der Waals surface area contributed by atoms with Crippen LogP contribution in [0.2, 0.25) is 0 Å². The van der Waals surface area contributed by atoms with Crippen molar-refractivity contribution in [3.63, 3.8) is 0 Å². The molecule has 2 rings (SSSR count). The third-order valence-corrected chi connectivity index (χ3v) is 4.71. The maximum atomic E-state index is 12.1. The summed E-state index contributed by atoms with van der Waals surface area (Å²) in [4.78, 5) is 16.3. The molecule has 1 fully saturated rings. The Morgan fingerprint density at radius 1 is 1.46 bits per heavy atom. The van der Waals surface area contributed by atoms with Gasteiger partial charge in [-0.2, -0.15) is 0 Å². The molecule has 0 unspecified atom stereocenters. The van der Waals surface area contributed by atoms with Crippen LogP contribution in [0.4, 0.5) is 0 Å². The Morgan fingerprint density at radius 2 is 2.17 bits per heavy atom. The van der Waals surface area contributed by atoms with E-state index >= 15 is 0 Å². The van der Waals surface area contributed by atoms with E-state index in [2.05, 4.69) is 15.0 Å². The number of aromatic nitrogens is 1. The van der Waals surface area contributed by atoms with Crippen LogP contribution < -0.4 is 14.8 Å². The van der Waals surface area contributed by atoms with Crippen molar-refractivity contribution in [2.24, 2.45) is 5.92 Å². The molecule has 0 aliphatic heterocycles. The molecule has 0 bridgehead atoms. The van der Waals surface area contributed by atoms with Gasteiger partial charge in [-0.15, -0.1) is 0 Å². The van der Waals surface area contributed by atoms with Crippen LogP contribution in [0.5, 0.6) is 5.88 Å². The molecule has 0 radical (unpaired) electrons. The zero-order valence-electron chi connectivity index (χ0n) is 13.7. The lowest BCUT2D eigenvalue weighted by atomic mass is 9.75. The first-order chi connectivity index (χ1) is 11.3. The fourth-order valence-electron chi connectivity index (χ4n) is 2.67. The molecule has 1 aromatic heterocycles. The van der Waals surface area contributed by atoms with E-state index < -0.39 is 10.0 Å². The summed E-state index contributed by atoms with van der Waals surface area (Å²) in [6, 6.07) is 3.28. The van der Waals surface area contributed by atoms with Crippen molar-refractivity contribution in [2.45, 2.75) is 31.4 Å². The fourth-order valence-corrected chi connectivity index (χ4v) is 3.14. The lowest BCUT2D eigenvalue weighted by molar-refractivity contribution is -0.122. The van der Waals surface area contributed by atoms with E-state index in [4.69, 9.17) is 4.74 Å². The van der Waals surface area contributed by atoms with Crippen molar-refractivity contribution in [3.8, 4) is 5.88 Å². The Morgan fingerprint density at radius 3 is 2.67 bits per heavy atom. The molecule has 0 aromatic carbocycles. The number of pyridine rings is 1. The van der Waals surface area contributed by atoms with Gasteiger partial charge in [0, 0.05) is 25.2 Å². The summed E-state index contributed by atoms with van der Waals surface area (Å²) in [6.07, 6.45) is 3.61. The summed E-state index contributed by atoms with van der Waals surface area (Å²) in [7, 11) is -1.79. The van der Waals surface area contributed by atoms with Gasteiger partial charge in [0.15, 0.2) is 0 Å². The van der Waals surface area contributed by atoms with Gasteiger partial charge >= 0.3 is 0 Å². The minimum absolute atomic E-state index is 0.0441. The van der Waals surface area contributed by atoms with Gasteiger partial charge in [-0.3, -0.25) is 4.79 Å². The summed E-state index contributed by atoms with van der Waals surface area (Å²) < 4.78 is 29.4. The molecular formula is C15H23N3O5S. The number of nitrogens with zero attached hydrogens (tertiary/aromatic N) is 1. The van der Waals surface area contributed by atoms with E-state index in [9.17, 15) is 18.3 Å². The first kappa shape index (κ1) is 18.6. The molecule has 9 heteroatoms. The highest BCUT2D eigenvalue weighted by Gasteiger charge is 2.35. The van der Waals surface area contributed by atoms with Crippen LogP contribution in [0.1, 0.15) is 30.9 Å². The van der Waals surface area contributed by atoms with Crippen LogP contribution in [0.3, 0.4) is 0 Å². The van der Waals surface area contributed by atoms with E-state index in [0.29, 0.717) is 18.7 Å². The van der Waals surface area contributed by atoms with Gasteiger partial charge in [-0.25, -0.2) is 18.1 Å².